The van der Waals surface area contributed by atoms with Crippen molar-refractivity contribution in [3.63, 3.8) is 0 Å². The Balaban J connectivity index is 2.24. The maximum atomic E-state index is 9.29. The van der Waals surface area contributed by atoms with Crippen molar-refractivity contribution in [1.82, 2.24) is 4.98 Å². The van der Waals surface area contributed by atoms with Crippen LogP contribution >= 0.6 is 0 Å². The van der Waals surface area contributed by atoms with Gasteiger partial charge in [0, 0.05) is 18.5 Å². The van der Waals surface area contributed by atoms with Gasteiger partial charge in [-0.25, -0.2) is 0 Å². The van der Waals surface area contributed by atoms with Crippen molar-refractivity contribution in [2.24, 2.45) is 0 Å². The summed E-state index contributed by atoms with van der Waals surface area (Å²) in [6.45, 7) is 0. The van der Waals surface area contributed by atoms with Crippen LogP contribution in [0.3, 0.4) is 0 Å². The highest BCUT2D eigenvalue weighted by Gasteiger charge is 1.95. The fraction of sp³-hybridized carbons (Fsp3) is 0. The van der Waals surface area contributed by atoms with Gasteiger partial charge in [-0.2, -0.15) is 0 Å². The van der Waals surface area contributed by atoms with Crippen LogP contribution in [0.25, 0.3) is 12.2 Å². The minimum absolute atomic E-state index is 0.0504. The Labute approximate surface area is 93.3 Å². The van der Waals surface area contributed by atoms with Gasteiger partial charge in [-0.3, -0.25) is 4.98 Å². The quantitative estimate of drug-likeness (QED) is 0.806. The standard InChI is InChI=1S/C13H11NO2/c15-12-7-11(8-13(16)9-12)2-1-10-3-5-14-6-4-10/h1-9,15-16H/b2-1+. The average Bonchev–Trinajstić information content (AvgIpc) is 2.27. The Morgan fingerprint density at radius 2 is 1.38 bits per heavy atom. The molecule has 0 bridgehead atoms. The number of hydrogen-bond donors (Lipinski definition) is 2. The molecule has 1 aromatic carbocycles. The van der Waals surface area contributed by atoms with Crippen LogP contribution in [0.1, 0.15) is 11.1 Å². The van der Waals surface area contributed by atoms with E-state index in [1.807, 2.05) is 24.3 Å². The molecule has 2 N–H and O–H groups in total. The maximum Gasteiger partial charge on any atom is 0.119 e. The third-order valence-corrected chi connectivity index (χ3v) is 2.10. The van der Waals surface area contributed by atoms with Crippen LogP contribution in [0.2, 0.25) is 0 Å². The fourth-order valence-electron chi connectivity index (χ4n) is 1.38. The molecule has 3 heteroatoms. The smallest absolute Gasteiger partial charge is 0.119 e. The summed E-state index contributed by atoms with van der Waals surface area (Å²) in [5.41, 5.74) is 1.76. The van der Waals surface area contributed by atoms with Gasteiger partial charge in [0.1, 0.15) is 11.5 Å². The fourth-order valence-corrected chi connectivity index (χ4v) is 1.38. The van der Waals surface area contributed by atoms with Crippen molar-refractivity contribution in [3.05, 3.63) is 53.9 Å². The summed E-state index contributed by atoms with van der Waals surface area (Å²) in [6.07, 6.45) is 7.11. The number of pyridine rings is 1. The zero-order valence-electron chi connectivity index (χ0n) is 8.54. The predicted molar refractivity (Wildman–Crippen MR) is 62.9 cm³/mol. The first-order valence-electron chi connectivity index (χ1n) is 4.85. The van der Waals surface area contributed by atoms with Gasteiger partial charge in [0.2, 0.25) is 0 Å². The van der Waals surface area contributed by atoms with Crippen LogP contribution < -0.4 is 0 Å². The molecule has 2 rings (SSSR count). The molecular weight excluding hydrogens is 202 g/mol. The Kier molecular flexibility index (Phi) is 2.87. The summed E-state index contributed by atoms with van der Waals surface area (Å²) in [4.78, 5) is 3.91. The highest BCUT2D eigenvalue weighted by molar-refractivity contribution is 5.70. The summed E-state index contributed by atoms with van der Waals surface area (Å²) in [5.74, 6) is 0.101. The van der Waals surface area contributed by atoms with E-state index in [1.54, 1.807) is 24.5 Å². The largest absolute Gasteiger partial charge is 0.508 e. The molecule has 0 atom stereocenters. The number of rotatable bonds is 2. The maximum absolute atomic E-state index is 9.29. The minimum Gasteiger partial charge on any atom is -0.508 e. The summed E-state index contributed by atoms with van der Waals surface area (Å²) in [7, 11) is 0. The van der Waals surface area contributed by atoms with Crippen LogP contribution in [0.4, 0.5) is 0 Å². The van der Waals surface area contributed by atoms with Gasteiger partial charge in [-0.05, 0) is 35.4 Å². The van der Waals surface area contributed by atoms with E-state index in [0.717, 1.165) is 11.1 Å². The lowest BCUT2D eigenvalue weighted by atomic mass is 10.1. The Morgan fingerprint density at radius 1 is 0.812 bits per heavy atom. The molecule has 80 valence electrons. The van der Waals surface area contributed by atoms with Gasteiger partial charge in [0.25, 0.3) is 0 Å². The molecule has 0 amide bonds. The highest BCUT2D eigenvalue weighted by Crippen LogP contribution is 2.21. The molecule has 3 nitrogen and oxygen atoms in total. The first kappa shape index (κ1) is 10.2. The Bertz CT molecular complexity index is 486. The monoisotopic (exact) mass is 213 g/mol. The summed E-state index contributed by atoms with van der Waals surface area (Å²) >= 11 is 0. The number of phenols is 2. The van der Waals surface area contributed by atoms with Crippen molar-refractivity contribution >= 4 is 12.2 Å². The Morgan fingerprint density at radius 3 is 2.00 bits per heavy atom. The molecule has 1 heterocycles. The second-order valence-corrected chi connectivity index (χ2v) is 3.40. The number of nitrogens with zero attached hydrogens (tertiary/aromatic N) is 1. The molecule has 2 aromatic rings. The number of aromatic hydroxyl groups is 2. The van der Waals surface area contributed by atoms with Crippen LogP contribution in [0.15, 0.2) is 42.7 Å². The van der Waals surface area contributed by atoms with Gasteiger partial charge in [-0.15, -0.1) is 0 Å². The first-order valence-corrected chi connectivity index (χ1v) is 4.85. The zero-order chi connectivity index (χ0) is 11.4. The lowest BCUT2D eigenvalue weighted by Gasteiger charge is -1.98. The van der Waals surface area contributed by atoms with Crippen molar-refractivity contribution in [1.29, 1.82) is 0 Å². The lowest BCUT2D eigenvalue weighted by Crippen LogP contribution is -1.75. The van der Waals surface area contributed by atoms with Crippen LogP contribution in [-0.2, 0) is 0 Å². The normalized spacial score (nSPS) is 10.8. The molecule has 16 heavy (non-hydrogen) atoms. The van der Waals surface area contributed by atoms with Crippen molar-refractivity contribution in [3.8, 4) is 11.5 Å². The van der Waals surface area contributed by atoms with E-state index in [2.05, 4.69) is 4.98 Å². The highest BCUT2D eigenvalue weighted by atomic mass is 16.3. The lowest BCUT2D eigenvalue weighted by molar-refractivity contribution is 0.450. The molecule has 0 fully saturated rings. The molecule has 0 aliphatic rings. The van der Waals surface area contributed by atoms with Crippen LogP contribution in [0, 0.1) is 0 Å². The molecule has 1 aromatic heterocycles. The number of hydrogen-bond acceptors (Lipinski definition) is 3. The second kappa shape index (κ2) is 4.49. The van der Waals surface area contributed by atoms with E-state index in [1.165, 1.54) is 6.07 Å². The molecule has 0 aliphatic heterocycles. The SMILES string of the molecule is Oc1cc(O)cc(/C=C/c2ccncc2)c1. The molecular formula is C13H11NO2. The molecule has 0 saturated carbocycles. The van der Waals surface area contributed by atoms with Gasteiger partial charge in [-0.1, -0.05) is 12.2 Å². The predicted octanol–water partition coefficient (Wildman–Crippen LogP) is 2.66. The van der Waals surface area contributed by atoms with E-state index in [0.29, 0.717) is 0 Å². The number of benzene rings is 1. The number of phenolic OH excluding ortho intramolecular Hbond substituents is 2. The number of aromatic nitrogens is 1. The topological polar surface area (TPSA) is 53.4 Å². The van der Waals surface area contributed by atoms with Gasteiger partial charge < -0.3 is 10.2 Å². The van der Waals surface area contributed by atoms with E-state index >= 15 is 0 Å². The van der Waals surface area contributed by atoms with Crippen molar-refractivity contribution < 1.29 is 10.2 Å². The molecule has 0 unspecified atom stereocenters. The second-order valence-electron chi connectivity index (χ2n) is 3.40. The van der Waals surface area contributed by atoms with E-state index in [9.17, 15) is 10.2 Å². The average molecular weight is 213 g/mol. The van der Waals surface area contributed by atoms with Gasteiger partial charge in [0.05, 0.1) is 0 Å². The van der Waals surface area contributed by atoms with E-state index in [-0.39, 0.29) is 11.5 Å². The van der Waals surface area contributed by atoms with Gasteiger partial charge in [0.15, 0.2) is 0 Å². The summed E-state index contributed by atoms with van der Waals surface area (Å²) in [6, 6.07) is 8.21. The van der Waals surface area contributed by atoms with Crippen LogP contribution in [-0.4, -0.2) is 15.2 Å². The summed E-state index contributed by atoms with van der Waals surface area (Å²) in [5, 5.41) is 18.6. The Hall–Kier alpha value is -2.29. The van der Waals surface area contributed by atoms with Gasteiger partial charge >= 0.3 is 0 Å². The van der Waals surface area contributed by atoms with Crippen molar-refractivity contribution in [2.45, 2.75) is 0 Å². The zero-order valence-corrected chi connectivity index (χ0v) is 8.54. The molecule has 0 saturated heterocycles. The third-order valence-electron chi connectivity index (χ3n) is 2.10. The van der Waals surface area contributed by atoms with Crippen molar-refractivity contribution in [2.75, 3.05) is 0 Å². The van der Waals surface area contributed by atoms with E-state index in [4.69, 9.17) is 0 Å². The van der Waals surface area contributed by atoms with Crippen LogP contribution in [0.5, 0.6) is 11.5 Å². The first-order chi connectivity index (χ1) is 7.74. The molecule has 0 aliphatic carbocycles. The van der Waals surface area contributed by atoms with E-state index < -0.39 is 0 Å². The summed E-state index contributed by atoms with van der Waals surface area (Å²) < 4.78 is 0. The minimum atomic E-state index is 0.0504. The third kappa shape index (κ3) is 2.60. The molecule has 0 spiro atoms. The molecule has 0 radical (unpaired) electrons.